The van der Waals surface area contributed by atoms with Gasteiger partial charge in [-0.2, -0.15) is 18.2 Å². The van der Waals surface area contributed by atoms with E-state index in [2.05, 4.69) is 20.0 Å². The third-order valence-corrected chi connectivity index (χ3v) is 3.58. The zero-order valence-corrected chi connectivity index (χ0v) is 13.9. The minimum absolute atomic E-state index is 0.230. The number of rotatable bonds is 4. The molecule has 0 radical (unpaired) electrons. The molecule has 10 heteroatoms. The van der Waals surface area contributed by atoms with Crippen molar-refractivity contribution in [2.45, 2.75) is 6.18 Å². The number of methoxy groups -OCH3 is 1. The summed E-state index contributed by atoms with van der Waals surface area (Å²) in [6.45, 7) is 0. The van der Waals surface area contributed by atoms with Crippen molar-refractivity contribution in [3.63, 3.8) is 0 Å². The zero-order chi connectivity index (χ0) is 19.6. The molecule has 2 aromatic carbocycles. The first-order chi connectivity index (χ1) is 12.8. The summed E-state index contributed by atoms with van der Waals surface area (Å²) in [5.74, 6) is -1.60. The van der Waals surface area contributed by atoms with Crippen LogP contribution in [0.25, 0.3) is 11.4 Å². The van der Waals surface area contributed by atoms with Gasteiger partial charge in [-0.1, -0.05) is 17.3 Å². The lowest BCUT2D eigenvalue weighted by molar-refractivity contribution is -0.159. The number of aromatic nitrogens is 2. The number of carbonyl (C=O) groups excluding carboxylic acids is 1. The molecule has 0 atom stereocenters. The summed E-state index contributed by atoms with van der Waals surface area (Å²) in [4.78, 5) is 15.6. The summed E-state index contributed by atoms with van der Waals surface area (Å²) in [6.07, 6.45) is -4.72. The number of anilines is 2. The predicted octanol–water partition coefficient (Wildman–Crippen LogP) is 3.60. The Morgan fingerprint density at radius 2 is 1.89 bits per heavy atom. The van der Waals surface area contributed by atoms with Crippen LogP contribution < -0.4 is 15.8 Å². The fraction of sp³-hybridized carbons (Fsp3) is 0.118. The molecule has 0 bridgehead atoms. The van der Waals surface area contributed by atoms with Crippen LogP contribution in [0.1, 0.15) is 16.2 Å². The van der Waals surface area contributed by atoms with Gasteiger partial charge in [-0.15, -0.1) is 0 Å². The van der Waals surface area contributed by atoms with E-state index in [1.54, 1.807) is 18.2 Å². The highest BCUT2D eigenvalue weighted by molar-refractivity contribution is 6.06. The molecule has 3 aromatic rings. The van der Waals surface area contributed by atoms with Crippen LogP contribution in [0.15, 0.2) is 47.0 Å². The van der Waals surface area contributed by atoms with Crippen molar-refractivity contribution < 1.29 is 27.2 Å². The van der Waals surface area contributed by atoms with Gasteiger partial charge < -0.3 is 20.3 Å². The number of nitrogens with zero attached hydrogens (tertiary/aromatic N) is 2. The first kappa shape index (κ1) is 18.2. The van der Waals surface area contributed by atoms with E-state index >= 15 is 0 Å². The van der Waals surface area contributed by atoms with Gasteiger partial charge in [0.05, 0.1) is 18.5 Å². The van der Waals surface area contributed by atoms with E-state index in [1.165, 1.54) is 31.4 Å². The Kier molecular flexibility index (Phi) is 4.72. The van der Waals surface area contributed by atoms with E-state index < -0.39 is 18.0 Å². The molecule has 0 unspecified atom stereocenters. The summed E-state index contributed by atoms with van der Waals surface area (Å²) >= 11 is 0. The van der Waals surface area contributed by atoms with Crippen molar-refractivity contribution in [1.82, 2.24) is 10.1 Å². The minimum atomic E-state index is -4.72. The topological polar surface area (TPSA) is 103 Å². The fourth-order valence-electron chi connectivity index (χ4n) is 2.19. The number of hydrogen-bond acceptors (Lipinski definition) is 6. The molecule has 0 aliphatic carbocycles. The van der Waals surface area contributed by atoms with Gasteiger partial charge in [0, 0.05) is 17.2 Å². The molecule has 1 amide bonds. The Morgan fingerprint density at radius 1 is 1.19 bits per heavy atom. The molecular weight excluding hydrogens is 365 g/mol. The molecule has 0 aliphatic rings. The first-order valence-corrected chi connectivity index (χ1v) is 7.54. The molecule has 0 fully saturated rings. The van der Waals surface area contributed by atoms with E-state index in [0.717, 1.165) is 0 Å². The molecule has 0 spiro atoms. The summed E-state index contributed by atoms with van der Waals surface area (Å²) in [5.41, 5.74) is 7.08. The van der Waals surface area contributed by atoms with Gasteiger partial charge >= 0.3 is 12.1 Å². The average molecular weight is 378 g/mol. The number of alkyl halides is 3. The molecule has 0 saturated carbocycles. The van der Waals surface area contributed by atoms with Gasteiger partial charge in [-0.25, -0.2) is 0 Å². The van der Waals surface area contributed by atoms with E-state index in [-0.39, 0.29) is 17.0 Å². The maximum Gasteiger partial charge on any atom is 0.471 e. The van der Waals surface area contributed by atoms with Gasteiger partial charge in [-0.05, 0) is 24.3 Å². The van der Waals surface area contributed by atoms with Gasteiger partial charge in [0.15, 0.2) is 0 Å². The van der Waals surface area contributed by atoms with Gasteiger partial charge in [0.1, 0.15) is 5.75 Å². The quantitative estimate of drug-likeness (QED) is 0.673. The van der Waals surface area contributed by atoms with Crippen molar-refractivity contribution >= 4 is 17.3 Å². The molecule has 27 heavy (non-hydrogen) atoms. The van der Waals surface area contributed by atoms with Crippen molar-refractivity contribution in [1.29, 1.82) is 0 Å². The number of halogens is 3. The normalized spacial score (nSPS) is 11.3. The zero-order valence-electron chi connectivity index (χ0n) is 13.9. The number of hydrogen-bond donors (Lipinski definition) is 2. The Labute approximate surface area is 150 Å². The molecule has 1 heterocycles. The molecule has 0 saturated heterocycles. The van der Waals surface area contributed by atoms with Gasteiger partial charge in [0.2, 0.25) is 5.82 Å². The predicted molar refractivity (Wildman–Crippen MR) is 90.1 cm³/mol. The van der Waals surface area contributed by atoms with Crippen molar-refractivity contribution in [3.8, 4) is 17.1 Å². The second kappa shape index (κ2) is 6.98. The Morgan fingerprint density at radius 3 is 2.48 bits per heavy atom. The van der Waals surface area contributed by atoms with Gasteiger partial charge in [-0.3, -0.25) is 4.79 Å². The molecule has 3 N–H and O–H groups in total. The van der Waals surface area contributed by atoms with Crippen LogP contribution in [0.3, 0.4) is 0 Å². The lowest BCUT2D eigenvalue weighted by Crippen LogP contribution is -2.13. The van der Waals surface area contributed by atoms with Crippen molar-refractivity contribution in [2.75, 3.05) is 18.2 Å². The van der Waals surface area contributed by atoms with Crippen LogP contribution >= 0.6 is 0 Å². The Balaban J connectivity index is 1.77. The standard InChI is InChI=1S/C17H13F3N4O3/c1-26-11-6-7-12(21)13(8-11)22-15(25)10-4-2-9(3-5-10)14-23-16(27-24-14)17(18,19)20/h2-8H,21H2,1H3,(H,22,25). The first-order valence-electron chi connectivity index (χ1n) is 7.54. The van der Waals surface area contributed by atoms with E-state index in [1.807, 2.05) is 0 Å². The largest absolute Gasteiger partial charge is 0.497 e. The van der Waals surface area contributed by atoms with Crippen molar-refractivity contribution in [2.24, 2.45) is 0 Å². The highest BCUT2D eigenvalue weighted by Gasteiger charge is 2.38. The molecular formula is C17H13F3N4O3. The summed E-state index contributed by atoms with van der Waals surface area (Å²) in [7, 11) is 1.48. The monoisotopic (exact) mass is 378 g/mol. The number of ether oxygens (including phenoxy) is 1. The molecule has 1 aromatic heterocycles. The third-order valence-electron chi connectivity index (χ3n) is 3.58. The van der Waals surface area contributed by atoms with Crippen LogP contribution in [0.2, 0.25) is 0 Å². The number of nitrogens with one attached hydrogen (secondary N) is 1. The number of amides is 1. The second-order valence-corrected chi connectivity index (χ2v) is 5.41. The van der Waals surface area contributed by atoms with Crippen LogP contribution in [-0.2, 0) is 6.18 Å². The van der Waals surface area contributed by atoms with Crippen LogP contribution in [0.5, 0.6) is 5.75 Å². The van der Waals surface area contributed by atoms with E-state index in [9.17, 15) is 18.0 Å². The SMILES string of the molecule is COc1ccc(N)c(NC(=O)c2ccc(-c3noc(C(F)(F)F)n3)cc2)c1. The number of nitrogens with two attached hydrogens (primary N) is 1. The lowest BCUT2D eigenvalue weighted by atomic mass is 10.1. The van der Waals surface area contributed by atoms with Crippen LogP contribution in [0, 0.1) is 0 Å². The summed E-state index contributed by atoms with van der Waals surface area (Å²) < 4.78 is 46.8. The second-order valence-electron chi connectivity index (χ2n) is 5.41. The van der Waals surface area contributed by atoms with E-state index in [0.29, 0.717) is 17.1 Å². The minimum Gasteiger partial charge on any atom is -0.497 e. The summed E-state index contributed by atoms with van der Waals surface area (Å²) in [6, 6.07) is 10.5. The van der Waals surface area contributed by atoms with Gasteiger partial charge in [0.25, 0.3) is 5.91 Å². The average Bonchev–Trinajstić information content (AvgIpc) is 3.14. The lowest BCUT2D eigenvalue weighted by Gasteiger charge is -2.10. The fourth-order valence-corrected chi connectivity index (χ4v) is 2.19. The third kappa shape index (κ3) is 4.00. The molecule has 3 rings (SSSR count). The highest BCUT2D eigenvalue weighted by atomic mass is 19.4. The summed E-state index contributed by atoms with van der Waals surface area (Å²) in [5, 5.41) is 5.93. The highest BCUT2D eigenvalue weighted by Crippen LogP contribution is 2.29. The van der Waals surface area contributed by atoms with Crippen LogP contribution in [-0.4, -0.2) is 23.2 Å². The van der Waals surface area contributed by atoms with Crippen molar-refractivity contribution in [3.05, 3.63) is 53.9 Å². The Bertz CT molecular complexity index is 968. The molecule has 0 aliphatic heterocycles. The van der Waals surface area contributed by atoms with E-state index in [4.69, 9.17) is 10.5 Å². The molecule has 7 nitrogen and oxygen atoms in total. The maximum atomic E-state index is 12.5. The smallest absolute Gasteiger partial charge is 0.471 e. The van der Waals surface area contributed by atoms with Crippen LogP contribution in [0.4, 0.5) is 24.5 Å². The Hall–Kier alpha value is -3.56. The number of benzene rings is 2. The maximum absolute atomic E-state index is 12.5. The molecule has 140 valence electrons. The number of nitrogen functional groups attached to an aromatic ring is 1. The number of carbonyl (C=O) groups is 1.